The maximum atomic E-state index is 10.9. The standard InChI is InChI=1S/C15H24N2O3/c1-3-5-9-16(10-6-4-2)14-7-8-15(17(19)20)13(11-14)12-18/h7-8,11,18H,3-6,9-10,12H2,1-2H3. The van der Waals surface area contributed by atoms with Crippen molar-refractivity contribution in [2.45, 2.75) is 46.1 Å². The van der Waals surface area contributed by atoms with Crippen molar-refractivity contribution in [3.63, 3.8) is 0 Å². The van der Waals surface area contributed by atoms with Gasteiger partial charge in [0.15, 0.2) is 0 Å². The third kappa shape index (κ3) is 4.49. The SMILES string of the molecule is CCCCN(CCCC)c1ccc([N+](=O)[O-])c(CO)c1. The molecule has 0 aliphatic heterocycles. The minimum atomic E-state index is -0.447. The Balaban J connectivity index is 2.97. The van der Waals surface area contributed by atoms with Crippen LogP contribution in [0.3, 0.4) is 0 Å². The van der Waals surface area contributed by atoms with Gasteiger partial charge >= 0.3 is 0 Å². The van der Waals surface area contributed by atoms with E-state index in [2.05, 4.69) is 18.7 Å². The van der Waals surface area contributed by atoms with E-state index in [0.717, 1.165) is 44.5 Å². The van der Waals surface area contributed by atoms with Crippen molar-refractivity contribution >= 4 is 11.4 Å². The molecule has 1 aromatic rings. The number of aliphatic hydroxyl groups is 1. The monoisotopic (exact) mass is 280 g/mol. The molecule has 5 nitrogen and oxygen atoms in total. The van der Waals surface area contributed by atoms with E-state index >= 15 is 0 Å². The predicted molar refractivity (Wildman–Crippen MR) is 81.0 cm³/mol. The fourth-order valence-corrected chi connectivity index (χ4v) is 2.14. The van der Waals surface area contributed by atoms with E-state index in [9.17, 15) is 15.2 Å². The van der Waals surface area contributed by atoms with Gasteiger partial charge in [0.25, 0.3) is 5.69 Å². The second kappa shape index (κ2) is 8.53. The van der Waals surface area contributed by atoms with Gasteiger partial charge in [0.2, 0.25) is 0 Å². The zero-order valence-electron chi connectivity index (χ0n) is 12.3. The van der Waals surface area contributed by atoms with E-state index in [-0.39, 0.29) is 12.3 Å². The van der Waals surface area contributed by atoms with Gasteiger partial charge in [-0.05, 0) is 25.0 Å². The van der Waals surface area contributed by atoms with Gasteiger partial charge in [0, 0.05) is 24.8 Å². The molecule has 0 aliphatic carbocycles. The summed E-state index contributed by atoms with van der Waals surface area (Å²) < 4.78 is 0. The maximum Gasteiger partial charge on any atom is 0.275 e. The van der Waals surface area contributed by atoms with Gasteiger partial charge in [-0.3, -0.25) is 10.1 Å². The van der Waals surface area contributed by atoms with Crippen LogP contribution in [0.25, 0.3) is 0 Å². The van der Waals surface area contributed by atoms with E-state index in [1.807, 2.05) is 0 Å². The molecule has 1 N–H and O–H groups in total. The summed E-state index contributed by atoms with van der Waals surface area (Å²) in [6.45, 7) is 5.87. The Labute approximate surface area is 120 Å². The van der Waals surface area contributed by atoms with Crippen molar-refractivity contribution in [3.8, 4) is 0 Å². The molecule has 0 fully saturated rings. The van der Waals surface area contributed by atoms with Crippen LogP contribution in [0.15, 0.2) is 18.2 Å². The number of nitro benzene ring substituents is 1. The second-order valence-electron chi connectivity index (χ2n) is 4.92. The first-order valence-electron chi connectivity index (χ1n) is 7.27. The molecule has 0 spiro atoms. The predicted octanol–water partition coefficient (Wildman–Crippen LogP) is 3.49. The number of nitrogens with zero attached hydrogens (tertiary/aromatic N) is 2. The van der Waals surface area contributed by atoms with Crippen molar-refractivity contribution in [1.82, 2.24) is 0 Å². The Kier molecular flexibility index (Phi) is 7.01. The van der Waals surface area contributed by atoms with Gasteiger partial charge in [-0.15, -0.1) is 0 Å². The van der Waals surface area contributed by atoms with Crippen LogP contribution in [0, 0.1) is 10.1 Å². The quantitative estimate of drug-likeness (QED) is 0.555. The summed E-state index contributed by atoms with van der Waals surface area (Å²) in [5, 5.41) is 20.2. The molecule has 0 aromatic heterocycles. The first kappa shape index (κ1) is 16.4. The average molecular weight is 280 g/mol. The molecule has 0 amide bonds. The van der Waals surface area contributed by atoms with Crippen molar-refractivity contribution in [2.24, 2.45) is 0 Å². The Morgan fingerprint density at radius 3 is 2.25 bits per heavy atom. The Morgan fingerprint density at radius 1 is 1.20 bits per heavy atom. The highest BCUT2D eigenvalue weighted by atomic mass is 16.6. The molecule has 20 heavy (non-hydrogen) atoms. The molecule has 0 saturated carbocycles. The molecule has 0 unspecified atom stereocenters. The lowest BCUT2D eigenvalue weighted by atomic mass is 10.1. The fraction of sp³-hybridized carbons (Fsp3) is 0.600. The summed E-state index contributed by atoms with van der Waals surface area (Å²) in [5.41, 5.74) is 1.33. The number of benzene rings is 1. The molecule has 112 valence electrons. The molecule has 0 saturated heterocycles. The highest BCUT2D eigenvalue weighted by Gasteiger charge is 2.15. The number of hydrogen-bond donors (Lipinski definition) is 1. The van der Waals surface area contributed by atoms with Gasteiger partial charge in [-0.1, -0.05) is 26.7 Å². The lowest BCUT2D eigenvalue weighted by molar-refractivity contribution is -0.385. The highest BCUT2D eigenvalue weighted by Crippen LogP contribution is 2.25. The van der Waals surface area contributed by atoms with Gasteiger partial charge < -0.3 is 10.0 Å². The summed E-state index contributed by atoms with van der Waals surface area (Å²) >= 11 is 0. The smallest absolute Gasteiger partial charge is 0.275 e. The van der Waals surface area contributed by atoms with Crippen LogP contribution in [0.4, 0.5) is 11.4 Å². The van der Waals surface area contributed by atoms with Crippen molar-refractivity contribution in [2.75, 3.05) is 18.0 Å². The van der Waals surface area contributed by atoms with Crippen LogP contribution in [0.2, 0.25) is 0 Å². The average Bonchev–Trinajstić information content (AvgIpc) is 2.46. The number of aliphatic hydroxyl groups excluding tert-OH is 1. The maximum absolute atomic E-state index is 10.9. The minimum Gasteiger partial charge on any atom is -0.391 e. The first-order valence-corrected chi connectivity index (χ1v) is 7.27. The van der Waals surface area contributed by atoms with E-state index in [1.54, 1.807) is 12.1 Å². The Hall–Kier alpha value is -1.62. The van der Waals surface area contributed by atoms with Crippen LogP contribution in [-0.2, 0) is 6.61 Å². The normalized spacial score (nSPS) is 10.6. The highest BCUT2D eigenvalue weighted by molar-refractivity contribution is 5.55. The number of anilines is 1. The molecule has 1 aromatic carbocycles. The van der Waals surface area contributed by atoms with Gasteiger partial charge in [-0.2, -0.15) is 0 Å². The molecule has 0 bridgehead atoms. The van der Waals surface area contributed by atoms with Crippen molar-refractivity contribution < 1.29 is 10.0 Å². The molecular formula is C15H24N2O3. The third-order valence-corrected chi connectivity index (χ3v) is 3.36. The lowest BCUT2D eigenvalue weighted by Crippen LogP contribution is -2.25. The summed E-state index contributed by atoms with van der Waals surface area (Å²) in [7, 11) is 0. The van der Waals surface area contributed by atoms with Crippen LogP contribution in [0.5, 0.6) is 0 Å². The molecule has 0 atom stereocenters. The molecule has 0 heterocycles. The Morgan fingerprint density at radius 2 is 1.80 bits per heavy atom. The van der Waals surface area contributed by atoms with Gasteiger partial charge in [-0.25, -0.2) is 0 Å². The largest absolute Gasteiger partial charge is 0.391 e. The Bertz CT molecular complexity index is 427. The summed E-state index contributed by atoms with van der Waals surface area (Å²) in [6, 6.07) is 5.01. The zero-order chi connectivity index (χ0) is 15.0. The van der Waals surface area contributed by atoms with Crippen LogP contribution < -0.4 is 4.90 Å². The number of hydrogen-bond acceptors (Lipinski definition) is 4. The number of unbranched alkanes of at least 4 members (excludes halogenated alkanes) is 2. The summed E-state index contributed by atoms with van der Waals surface area (Å²) in [4.78, 5) is 12.7. The molecule has 1 rings (SSSR count). The van der Waals surface area contributed by atoms with E-state index in [4.69, 9.17) is 0 Å². The molecule has 0 aliphatic rings. The molecule has 0 radical (unpaired) electrons. The van der Waals surface area contributed by atoms with E-state index < -0.39 is 4.92 Å². The zero-order valence-corrected chi connectivity index (χ0v) is 12.3. The lowest BCUT2D eigenvalue weighted by Gasteiger charge is -2.25. The van der Waals surface area contributed by atoms with E-state index in [1.165, 1.54) is 6.07 Å². The summed E-state index contributed by atoms with van der Waals surface area (Å²) in [5.74, 6) is 0. The first-order chi connectivity index (χ1) is 9.63. The third-order valence-electron chi connectivity index (χ3n) is 3.36. The second-order valence-corrected chi connectivity index (χ2v) is 4.92. The molecular weight excluding hydrogens is 256 g/mol. The summed E-state index contributed by atoms with van der Waals surface area (Å²) in [6.07, 6.45) is 4.41. The van der Waals surface area contributed by atoms with Crippen molar-refractivity contribution in [3.05, 3.63) is 33.9 Å². The molecule has 5 heteroatoms. The fourth-order valence-electron chi connectivity index (χ4n) is 2.14. The van der Waals surface area contributed by atoms with Crippen LogP contribution >= 0.6 is 0 Å². The topological polar surface area (TPSA) is 66.6 Å². The van der Waals surface area contributed by atoms with Crippen LogP contribution in [0.1, 0.15) is 45.1 Å². The number of nitro groups is 1. The van der Waals surface area contributed by atoms with Crippen LogP contribution in [-0.4, -0.2) is 23.1 Å². The minimum absolute atomic E-state index is 0.0119. The van der Waals surface area contributed by atoms with Gasteiger partial charge in [0.05, 0.1) is 17.1 Å². The van der Waals surface area contributed by atoms with Gasteiger partial charge in [0.1, 0.15) is 0 Å². The van der Waals surface area contributed by atoms with Crippen molar-refractivity contribution in [1.29, 1.82) is 0 Å². The van der Waals surface area contributed by atoms with E-state index in [0.29, 0.717) is 5.56 Å². The number of rotatable bonds is 9.